The molecule has 3 amide bonds. The van der Waals surface area contributed by atoms with Gasteiger partial charge in [0.1, 0.15) is 23.2 Å². The number of hydrogen-bond acceptors (Lipinski definition) is 9. The topological polar surface area (TPSA) is 182 Å². The monoisotopic (exact) mass is 383 g/mol. The predicted molar refractivity (Wildman–Crippen MR) is 94.8 cm³/mol. The minimum absolute atomic E-state index is 0.118. The lowest BCUT2D eigenvalue weighted by atomic mass is 9.98. The molecule has 26 heavy (non-hydrogen) atoms. The third-order valence-electron chi connectivity index (χ3n) is 3.40. The number of β-lactam (4-membered cyclic amide) rings is 1. The van der Waals surface area contributed by atoms with Crippen molar-refractivity contribution in [2.24, 2.45) is 5.73 Å². The second kappa shape index (κ2) is 7.76. The fourth-order valence-electron chi connectivity index (χ4n) is 2.11. The average Bonchev–Trinajstić information content (AvgIpc) is 3.01. The number of anilines is 1. The van der Waals surface area contributed by atoms with Crippen LogP contribution in [0.3, 0.4) is 0 Å². The zero-order chi connectivity index (χ0) is 19.5. The van der Waals surface area contributed by atoms with Crippen molar-refractivity contribution in [1.29, 1.82) is 5.41 Å². The maximum atomic E-state index is 12.2. The van der Waals surface area contributed by atoms with Crippen molar-refractivity contribution in [2.45, 2.75) is 31.7 Å². The van der Waals surface area contributed by atoms with Crippen molar-refractivity contribution < 1.29 is 19.5 Å². The number of thiazole rings is 1. The summed E-state index contributed by atoms with van der Waals surface area (Å²) in [5.41, 5.74) is 3.70. The molecule has 1 saturated heterocycles. The maximum absolute atomic E-state index is 12.2. The van der Waals surface area contributed by atoms with Crippen LogP contribution in [0.1, 0.15) is 19.5 Å². The van der Waals surface area contributed by atoms with Gasteiger partial charge in [-0.2, -0.15) is 0 Å². The Kier molecular flexibility index (Phi) is 5.90. The number of carbonyl (C=O) groups excluding carboxylic acids is 3. The maximum Gasteiger partial charge on any atom is 0.272 e. The molecule has 11 nitrogen and oxygen atoms in total. The molecule has 8 N–H and O–H groups in total. The first-order valence-corrected chi connectivity index (χ1v) is 8.61. The Balaban J connectivity index is 1.93. The van der Waals surface area contributed by atoms with Crippen molar-refractivity contribution in [3.63, 3.8) is 0 Å². The number of amides is 3. The third-order valence-corrected chi connectivity index (χ3v) is 4.16. The fraction of sp³-hybridized carbons (Fsp3) is 0.500. The van der Waals surface area contributed by atoms with Gasteiger partial charge in [0.25, 0.3) is 5.91 Å². The summed E-state index contributed by atoms with van der Waals surface area (Å²) in [6.45, 7) is 3.01. The molecular formula is C14H21N7O4S. The molecule has 0 unspecified atom stereocenters. The Hall–Kier alpha value is -2.57. The summed E-state index contributed by atoms with van der Waals surface area (Å²) < 4.78 is 0. The van der Waals surface area contributed by atoms with Crippen molar-refractivity contribution in [1.82, 2.24) is 20.9 Å². The largest absolute Gasteiger partial charge is 0.372 e. The predicted octanol–water partition coefficient (Wildman–Crippen LogP) is -2.29. The Bertz CT molecular complexity index is 727. The molecule has 1 aliphatic rings. The van der Waals surface area contributed by atoms with E-state index in [1.165, 1.54) is 19.2 Å². The van der Waals surface area contributed by atoms with Crippen LogP contribution in [0.15, 0.2) is 5.38 Å². The molecule has 1 aromatic rings. The fourth-order valence-corrected chi connectivity index (χ4v) is 2.96. The van der Waals surface area contributed by atoms with Crippen LogP contribution in [-0.2, 0) is 14.4 Å². The van der Waals surface area contributed by atoms with Crippen LogP contribution < -0.4 is 27.0 Å². The molecule has 1 aliphatic heterocycles. The first kappa shape index (κ1) is 19.8. The molecule has 0 aliphatic carbocycles. The third kappa shape index (κ3) is 4.97. The van der Waals surface area contributed by atoms with E-state index in [0.29, 0.717) is 5.13 Å². The Morgan fingerprint density at radius 1 is 1.50 bits per heavy atom. The molecule has 0 spiro atoms. The summed E-state index contributed by atoms with van der Waals surface area (Å²) in [4.78, 5) is 39.1. The molecule has 0 bridgehead atoms. The molecular weight excluding hydrogens is 362 g/mol. The van der Waals surface area contributed by atoms with Gasteiger partial charge in [0.05, 0.1) is 12.6 Å². The quantitative estimate of drug-likeness (QED) is 0.150. The van der Waals surface area contributed by atoms with Gasteiger partial charge in [-0.1, -0.05) is 0 Å². The molecule has 0 radical (unpaired) electrons. The van der Waals surface area contributed by atoms with Crippen LogP contribution in [0.2, 0.25) is 0 Å². The van der Waals surface area contributed by atoms with Crippen LogP contribution in [0.25, 0.3) is 0 Å². The molecule has 142 valence electrons. The number of hydrogen-bond donors (Lipinski definition) is 7. The molecule has 2 rings (SSSR count). The van der Waals surface area contributed by atoms with E-state index in [-0.39, 0.29) is 24.7 Å². The smallest absolute Gasteiger partial charge is 0.272 e. The van der Waals surface area contributed by atoms with Gasteiger partial charge in [-0.3, -0.25) is 19.8 Å². The van der Waals surface area contributed by atoms with Gasteiger partial charge < -0.3 is 32.1 Å². The van der Waals surface area contributed by atoms with Crippen LogP contribution >= 0.6 is 11.3 Å². The number of nitrogens with two attached hydrogens (primary N) is 1. The SMILES string of the molecule is CC(C)(O)Nc1nc(C(=N)C(=O)N[C@@H]2C(=O)N[C@@H]2CNC(=O)CN)cs1. The summed E-state index contributed by atoms with van der Waals surface area (Å²) in [5.74, 6) is -1.54. The van der Waals surface area contributed by atoms with Gasteiger partial charge in [0, 0.05) is 11.9 Å². The molecule has 12 heteroatoms. The van der Waals surface area contributed by atoms with E-state index in [1.54, 1.807) is 0 Å². The van der Waals surface area contributed by atoms with E-state index in [9.17, 15) is 19.5 Å². The van der Waals surface area contributed by atoms with Gasteiger partial charge in [0.2, 0.25) is 11.8 Å². The molecule has 0 aromatic carbocycles. The number of nitrogens with one attached hydrogen (secondary N) is 5. The summed E-state index contributed by atoms with van der Waals surface area (Å²) in [7, 11) is 0. The Morgan fingerprint density at radius 3 is 2.77 bits per heavy atom. The second-order valence-electron chi connectivity index (χ2n) is 6.17. The highest BCUT2D eigenvalue weighted by molar-refractivity contribution is 7.14. The zero-order valence-electron chi connectivity index (χ0n) is 14.3. The standard InChI is InChI=1S/C14H21N7O4S/c1-14(2,25)21-13-19-7(5-26-13)9(16)11(23)20-10-6(18-12(10)24)4-17-8(22)3-15/h5-6,10,16,25H,3-4,15H2,1-2H3,(H,17,22)(H,18,24)(H,19,21)(H,20,23)/t6-,10+/m1/s1. The molecule has 0 saturated carbocycles. The van der Waals surface area contributed by atoms with Crippen LogP contribution in [0.4, 0.5) is 5.13 Å². The summed E-state index contributed by atoms with van der Waals surface area (Å²) in [5, 5.41) is 29.7. The minimum Gasteiger partial charge on any atom is -0.372 e. The number of aliphatic hydroxyl groups is 1. The zero-order valence-corrected chi connectivity index (χ0v) is 15.1. The molecule has 2 atom stereocenters. The Morgan fingerprint density at radius 2 is 2.19 bits per heavy atom. The van der Waals surface area contributed by atoms with E-state index in [2.05, 4.69) is 26.3 Å². The lowest BCUT2D eigenvalue weighted by Gasteiger charge is -2.37. The normalized spacial score (nSPS) is 19.2. The first-order valence-electron chi connectivity index (χ1n) is 7.73. The first-order chi connectivity index (χ1) is 12.1. The summed E-state index contributed by atoms with van der Waals surface area (Å²) in [6.07, 6.45) is 0. The highest BCUT2D eigenvalue weighted by Gasteiger charge is 2.41. The minimum atomic E-state index is -1.19. The van der Waals surface area contributed by atoms with Crippen LogP contribution in [-0.4, -0.2) is 64.4 Å². The number of carbonyl (C=O) groups is 3. The number of aromatic nitrogens is 1. The summed E-state index contributed by atoms with van der Waals surface area (Å²) in [6, 6.07) is -1.33. The van der Waals surface area contributed by atoms with Crippen molar-refractivity contribution in [3.05, 3.63) is 11.1 Å². The second-order valence-corrected chi connectivity index (χ2v) is 7.03. The number of rotatable bonds is 8. The van der Waals surface area contributed by atoms with E-state index in [0.717, 1.165) is 11.3 Å². The van der Waals surface area contributed by atoms with Gasteiger partial charge >= 0.3 is 0 Å². The molecule has 1 aromatic heterocycles. The van der Waals surface area contributed by atoms with Gasteiger partial charge in [-0.15, -0.1) is 11.3 Å². The van der Waals surface area contributed by atoms with Gasteiger partial charge in [-0.25, -0.2) is 4.98 Å². The van der Waals surface area contributed by atoms with Crippen LogP contribution in [0.5, 0.6) is 0 Å². The van der Waals surface area contributed by atoms with Crippen molar-refractivity contribution >= 4 is 39.9 Å². The molecule has 1 fully saturated rings. The van der Waals surface area contributed by atoms with Crippen molar-refractivity contribution in [3.8, 4) is 0 Å². The van der Waals surface area contributed by atoms with Gasteiger partial charge in [0.15, 0.2) is 5.13 Å². The van der Waals surface area contributed by atoms with E-state index in [4.69, 9.17) is 11.1 Å². The average molecular weight is 383 g/mol. The van der Waals surface area contributed by atoms with Crippen molar-refractivity contribution in [2.75, 3.05) is 18.4 Å². The Labute approximate surface area is 153 Å². The van der Waals surface area contributed by atoms with Crippen LogP contribution in [0, 0.1) is 5.41 Å². The van der Waals surface area contributed by atoms with E-state index >= 15 is 0 Å². The highest BCUT2D eigenvalue weighted by Crippen LogP contribution is 2.19. The lowest BCUT2D eigenvalue weighted by molar-refractivity contribution is -0.135. The lowest BCUT2D eigenvalue weighted by Crippen LogP contribution is -2.72. The number of nitrogens with zero attached hydrogens (tertiary/aromatic N) is 1. The van der Waals surface area contributed by atoms with E-state index in [1.807, 2.05) is 0 Å². The summed E-state index contributed by atoms with van der Waals surface area (Å²) >= 11 is 1.13. The van der Waals surface area contributed by atoms with E-state index < -0.39 is 35.3 Å². The highest BCUT2D eigenvalue weighted by atomic mass is 32.1. The molecule has 2 heterocycles. The van der Waals surface area contributed by atoms with Gasteiger partial charge in [-0.05, 0) is 13.8 Å².